The standard InChI is InChI=1S/C26H24F7N3O/c1-16-13-19(9-10-20(16)27)21(11-7-17-8-12-22(34-14-17)26(31,32)33)36-23(18-5-3-2-4-6-18)24(37)35-15-25(28,29)30/h2-6,8-10,12-14,21,23,36H,7,11,15H2,1H3,(H,35,37)/t21-,23+/m1/s1. The summed E-state index contributed by atoms with van der Waals surface area (Å²) in [5.41, 5.74) is 0.728. The molecular formula is C26H24F7N3O. The van der Waals surface area contributed by atoms with E-state index in [1.54, 1.807) is 43.3 Å². The van der Waals surface area contributed by atoms with E-state index in [4.69, 9.17) is 0 Å². The van der Waals surface area contributed by atoms with Crippen LogP contribution in [-0.4, -0.2) is 23.6 Å². The zero-order valence-corrected chi connectivity index (χ0v) is 19.6. The predicted octanol–water partition coefficient (Wildman–Crippen LogP) is 6.23. The van der Waals surface area contributed by atoms with Crippen molar-refractivity contribution >= 4 is 5.91 Å². The van der Waals surface area contributed by atoms with Crippen LogP contribution in [0.1, 0.15) is 46.5 Å². The van der Waals surface area contributed by atoms with Crippen molar-refractivity contribution in [2.75, 3.05) is 6.54 Å². The van der Waals surface area contributed by atoms with Crippen molar-refractivity contribution in [2.24, 2.45) is 0 Å². The number of aryl methyl sites for hydroxylation is 2. The molecule has 0 saturated heterocycles. The van der Waals surface area contributed by atoms with Gasteiger partial charge in [-0.15, -0.1) is 0 Å². The molecule has 11 heteroatoms. The molecule has 0 aliphatic heterocycles. The summed E-state index contributed by atoms with van der Waals surface area (Å²) in [5, 5.41) is 4.96. The van der Waals surface area contributed by atoms with Crippen LogP contribution in [0.3, 0.4) is 0 Å². The molecule has 4 nitrogen and oxygen atoms in total. The van der Waals surface area contributed by atoms with Gasteiger partial charge in [-0.05, 0) is 54.2 Å². The maximum absolute atomic E-state index is 13.9. The quantitative estimate of drug-likeness (QED) is 0.325. The van der Waals surface area contributed by atoms with Gasteiger partial charge in [0.05, 0.1) is 0 Å². The van der Waals surface area contributed by atoms with Crippen molar-refractivity contribution in [3.8, 4) is 0 Å². The first-order chi connectivity index (χ1) is 17.3. The van der Waals surface area contributed by atoms with Gasteiger partial charge in [0.1, 0.15) is 24.1 Å². The van der Waals surface area contributed by atoms with Crippen LogP contribution in [-0.2, 0) is 17.4 Å². The number of amides is 1. The van der Waals surface area contributed by atoms with Crippen LogP contribution in [0.25, 0.3) is 0 Å². The van der Waals surface area contributed by atoms with Crippen molar-refractivity contribution < 1.29 is 35.5 Å². The molecular weight excluding hydrogens is 503 g/mol. The molecule has 1 amide bonds. The number of carbonyl (C=O) groups excluding carboxylic acids is 1. The van der Waals surface area contributed by atoms with E-state index in [1.807, 2.05) is 5.32 Å². The number of rotatable bonds is 9. The van der Waals surface area contributed by atoms with E-state index in [0.29, 0.717) is 22.3 Å². The zero-order valence-electron chi connectivity index (χ0n) is 19.6. The average Bonchev–Trinajstić information content (AvgIpc) is 2.84. The monoisotopic (exact) mass is 527 g/mol. The number of halogens is 7. The van der Waals surface area contributed by atoms with Crippen LogP contribution in [0.2, 0.25) is 0 Å². The van der Waals surface area contributed by atoms with Crippen LogP contribution < -0.4 is 10.6 Å². The number of benzene rings is 2. The normalized spacial score (nSPS) is 13.7. The number of nitrogens with zero attached hydrogens (tertiary/aromatic N) is 1. The van der Waals surface area contributed by atoms with E-state index in [1.165, 1.54) is 18.2 Å². The fourth-order valence-electron chi connectivity index (χ4n) is 3.74. The minimum Gasteiger partial charge on any atom is -0.345 e. The first-order valence-electron chi connectivity index (χ1n) is 11.3. The molecule has 2 aromatic carbocycles. The van der Waals surface area contributed by atoms with Crippen molar-refractivity contribution in [3.05, 3.63) is 101 Å². The Morgan fingerprint density at radius 1 is 0.946 bits per heavy atom. The summed E-state index contributed by atoms with van der Waals surface area (Å²) in [6.07, 6.45) is -7.64. The lowest BCUT2D eigenvalue weighted by Crippen LogP contribution is -2.42. The number of alkyl halides is 6. The molecule has 2 atom stereocenters. The number of hydrogen-bond donors (Lipinski definition) is 2. The molecule has 3 rings (SSSR count). The maximum Gasteiger partial charge on any atom is 0.433 e. The Balaban J connectivity index is 1.89. The topological polar surface area (TPSA) is 54.0 Å². The van der Waals surface area contributed by atoms with E-state index >= 15 is 0 Å². The number of aromatic nitrogens is 1. The molecule has 0 spiro atoms. The number of carbonyl (C=O) groups is 1. The lowest BCUT2D eigenvalue weighted by Gasteiger charge is -2.27. The van der Waals surface area contributed by atoms with Gasteiger partial charge in [-0.2, -0.15) is 26.3 Å². The highest BCUT2D eigenvalue weighted by Gasteiger charge is 2.33. The van der Waals surface area contributed by atoms with Gasteiger partial charge in [-0.3, -0.25) is 15.1 Å². The van der Waals surface area contributed by atoms with Gasteiger partial charge in [0.2, 0.25) is 5.91 Å². The Labute approximate surface area is 208 Å². The minimum absolute atomic E-state index is 0.227. The second-order valence-electron chi connectivity index (χ2n) is 8.49. The molecule has 0 aliphatic carbocycles. The molecule has 198 valence electrons. The number of pyridine rings is 1. The Bertz CT molecular complexity index is 1180. The largest absolute Gasteiger partial charge is 0.433 e. The molecule has 1 heterocycles. The Hall–Kier alpha value is -3.47. The fourth-order valence-corrected chi connectivity index (χ4v) is 3.74. The third-order valence-electron chi connectivity index (χ3n) is 5.65. The van der Waals surface area contributed by atoms with Crippen LogP contribution in [0.5, 0.6) is 0 Å². The van der Waals surface area contributed by atoms with Gasteiger partial charge in [-0.25, -0.2) is 4.39 Å². The third kappa shape index (κ3) is 8.28. The first-order valence-corrected chi connectivity index (χ1v) is 11.3. The van der Waals surface area contributed by atoms with Crippen LogP contribution >= 0.6 is 0 Å². The Morgan fingerprint density at radius 3 is 2.22 bits per heavy atom. The summed E-state index contributed by atoms with van der Waals surface area (Å²) in [6.45, 7) is 0.0226. The maximum atomic E-state index is 13.9. The highest BCUT2D eigenvalue weighted by Crippen LogP contribution is 2.29. The fraction of sp³-hybridized carbons (Fsp3) is 0.308. The van der Waals surface area contributed by atoms with Crippen LogP contribution in [0, 0.1) is 12.7 Å². The van der Waals surface area contributed by atoms with E-state index in [9.17, 15) is 35.5 Å². The summed E-state index contributed by atoms with van der Waals surface area (Å²) < 4.78 is 90.7. The van der Waals surface area contributed by atoms with Gasteiger partial charge >= 0.3 is 12.4 Å². The summed E-state index contributed by atoms with van der Waals surface area (Å²) in [4.78, 5) is 16.3. The summed E-state index contributed by atoms with van der Waals surface area (Å²) in [5.74, 6) is -1.37. The SMILES string of the molecule is Cc1cc([C@@H](CCc2ccc(C(F)(F)F)nc2)N[C@H](C(=O)NCC(F)(F)F)c2ccccc2)ccc1F. The van der Waals surface area contributed by atoms with Gasteiger partial charge in [0, 0.05) is 12.2 Å². The van der Waals surface area contributed by atoms with E-state index in [2.05, 4.69) is 10.3 Å². The second kappa shape index (κ2) is 11.7. The van der Waals surface area contributed by atoms with E-state index < -0.39 is 48.4 Å². The molecule has 1 aromatic heterocycles. The molecule has 2 N–H and O–H groups in total. The summed E-state index contributed by atoms with van der Waals surface area (Å²) in [6, 6.07) is 12.7. The average molecular weight is 527 g/mol. The van der Waals surface area contributed by atoms with E-state index in [-0.39, 0.29) is 12.8 Å². The minimum atomic E-state index is -4.61. The summed E-state index contributed by atoms with van der Waals surface area (Å²) >= 11 is 0. The van der Waals surface area contributed by atoms with Crippen molar-refractivity contribution in [3.63, 3.8) is 0 Å². The predicted molar refractivity (Wildman–Crippen MR) is 123 cm³/mol. The van der Waals surface area contributed by atoms with E-state index in [0.717, 1.165) is 12.3 Å². The van der Waals surface area contributed by atoms with Gasteiger partial charge in [-0.1, -0.05) is 48.5 Å². The molecule has 0 unspecified atom stereocenters. The van der Waals surface area contributed by atoms with Crippen molar-refractivity contribution in [1.82, 2.24) is 15.6 Å². The molecule has 0 bridgehead atoms. The second-order valence-corrected chi connectivity index (χ2v) is 8.49. The third-order valence-corrected chi connectivity index (χ3v) is 5.65. The number of nitrogens with one attached hydrogen (secondary N) is 2. The molecule has 0 fully saturated rings. The highest BCUT2D eigenvalue weighted by molar-refractivity contribution is 5.83. The zero-order chi connectivity index (χ0) is 27.2. The molecule has 0 radical (unpaired) electrons. The lowest BCUT2D eigenvalue weighted by molar-refractivity contribution is -0.141. The smallest absolute Gasteiger partial charge is 0.345 e. The lowest BCUT2D eigenvalue weighted by atomic mass is 9.95. The molecule has 37 heavy (non-hydrogen) atoms. The molecule has 0 aliphatic rings. The molecule has 3 aromatic rings. The van der Waals surface area contributed by atoms with Gasteiger partial charge < -0.3 is 5.32 Å². The van der Waals surface area contributed by atoms with Gasteiger partial charge in [0.15, 0.2) is 0 Å². The Morgan fingerprint density at radius 2 is 1.65 bits per heavy atom. The number of hydrogen-bond acceptors (Lipinski definition) is 3. The molecule has 0 saturated carbocycles. The van der Waals surface area contributed by atoms with Crippen molar-refractivity contribution in [1.29, 1.82) is 0 Å². The Kier molecular flexibility index (Phi) is 8.90. The van der Waals surface area contributed by atoms with Gasteiger partial charge in [0.25, 0.3) is 0 Å². The van der Waals surface area contributed by atoms with Crippen LogP contribution in [0.4, 0.5) is 30.7 Å². The highest BCUT2D eigenvalue weighted by atomic mass is 19.4. The summed E-state index contributed by atoms with van der Waals surface area (Å²) in [7, 11) is 0. The van der Waals surface area contributed by atoms with Crippen LogP contribution in [0.15, 0.2) is 66.9 Å². The van der Waals surface area contributed by atoms with Crippen molar-refractivity contribution in [2.45, 2.75) is 44.2 Å². The first kappa shape index (κ1) is 28.1.